The maximum absolute atomic E-state index is 12.9. The molecule has 1 heterocycles. The van der Waals surface area contributed by atoms with Crippen molar-refractivity contribution < 1.29 is 36.2 Å². The maximum Gasteiger partial charge on any atom is 0.420 e. The summed E-state index contributed by atoms with van der Waals surface area (Å²) in [6, 6.07) is 0.0396. The minimum absolute atomic E-state index is 0.0396. The number of rotatable bonds is 3. The van der Waals surface area contributed by atoms with Gasteiger partial charge in [0.05, 0.1) is 6.42 Å². The van der Waals surface area contributed by atoms with Crippen molar-refractivity contribution in [2.24, 2.45) is 0 Å². The zero-order chi connectivity index (χ0) is 14.1. The van der Waals surface area contributed by atoms with Crippen molar-refractivity contribution in [3.8, 4) is 0 Å². The van der Waals surface area contributed by atoms with E-state index in [1.165, 1.54) is 0 Å². The molecular formula is C9H5F6NO2. The van der Waals surface area contributed by atoms with Crippen LogP contribution in [0.5, 0.6) is 0 Å². The van der Waals surface area contributed by atoms with Gasteiger partial charge < -0.3 is 5.11 Å². The molecule has 1 aromatic heterocycles. The first-order valence-corrected chi connectivity index (χ1v) is 4.39. The molecule has 0 spiro atoms. The molecule has 0 amide bonds. The maximum atomic E-state index is 12.9. The third-order valence-corrected chi connectivity index (χ3v) is 1.94. The Morgan fingerprint density at radius 2 is 1.94 bits per heavy atom. The van der Waals surface area contributed by atoms with Gasteiger partial charge in [0.25, 0.3) is 6.43 Å². The summed E-state index contributed by atoms with van der Waals surface area (Å²) in [6.07, 6.45) is -9.60. The quantitative estimate of drug-likeness (QED) is 0.680. The van der Waals surface area contributed by atoms with Crippen molar-refractivity contribution in [3.05, 3.63) is 28.8 Å². The predicted molar refractivity (Wildman–Crippen MR) is 45.5 cm³/mol. The average molecular weight is 273 g/mol. The van der Waals surface area contributed by atoms with Crippen LogP contribution < -0.4 is 0 Å². The number of carboxylic acid groups (broad SMARTS) is 1. The number of carbonyl (C=O) groups is 1. The summed E-state index contributed by atoms with van der Waals surface area (Å²) in [6.45, 7) is 0. The first kappa shape index (κ1) is 14.3. The molecule has 0 radical (unpaired) electrons. The molecule has 1 N–H and O–H groups in total. The second-order valence-corrected chi connectivity index (χ2v) is 3.24. The van der Waals surface area contributed by atoms with Gasteiger partial charge in [0.15, 0.2) is 0 Å². The molecule has 3 nitrogen and oxygen atoms in total. The highest BCUT2D eigenvalue weighted by Gasteiger charge is 2.36. The van der Waals surface area contributed by atoms with Gasteiger partial charge in [0, 0.05) is 0 Å². The van der Waals surface area contributed by atoms with Crippen molar-refractivity contribution in [2.45, 2.75) is 19.0 Å². The summed E-state index contributed by atoms with van der Waals surface area (Å²) in [5.74, 6) is -3.73. The molecule has 0 atom stereocenters. The number of nitrogens with zero attached hydrogens (tertiary/aromatic N) is 1. The minimum Gasteiger partial charge on any atom is -0.481 e. The number of alkyl halides is 5. The fourth-order valence-electron chi connectivity index (χ4n) is 1.24. The van der Waals surface area contributed by atoms with Gasteiger partial charge >= 0.3 is 12.1 Å². The van der Waals surface area contributed by atoms with Crippen LogP contribution in [-0.4, -0.2) is 16.1 Å². The summed E-state index contributed by atoms with van der Waals surface area (Å²) in [5.41, 5.74) is -4.04. The first-order chi connectivity index (χ1) is 8.12. The van der Waals surface area contributed by atoms with E-state index in [0.717, 1.165) is 0 Å². The molecular weight excluding hydrogens is 268 g/mol. The Morgan fingerprint density at radius 1 is 1.39 bits per heavy atom. The van der Waals surface area contributed by atoms with Crippen LogP contribution in [0, 0.1) is 5.95 Å². The summed E-state index contributed by atoms with van der Waals surface area (Å²) in [4.78, 5) is 12.8. The first-order valence-electron chi connectivity index (χ1n) is 4.39. The molecule has 1 aromatic rings. The zero-order valence-electron chi connectivity index (χ0n) is 8.43. The summed E-state index contributed by atoms with van der Waals surface area (Å²) in [7, 11) is 0. The molecule has 1 rings (SSSR count). The highest BCUT2D eigenvalue weighted by atomic mass is 19.4. The van der Waals surface area contributed by atoms with Gasteiger partial charge in [-0.25, -0.2) is 13.8 Å². The lowest BCUT2D eigenvalue weighted by atomic mass is 10.1. The lowest BCUT2D eigenvalue weighted by molar-refractivity contribution is -0.141. The highest BCUT2D eigenvalue weighted by Crippen LogP contribution is 2.33. The Bertz CT molecular complexity index is 471. The number of halogens is 6. The third-order valence-electron chi connectivity index (χ3n) is 1.94. The van der Waals surface area contributed by atoms with E-state index in [1.807, 2.05) is 0 Å². The zero-order valence-corrected chi connectivity index (χ0v) is 8.43. The fourth-order valence-corrected chi connectivity index (χ4v) is 1.24. The highest BCUT2D eigenvalue weighted by molar-refractivity contribution is 5.70. The van der Waals surface area contributed by atoms with Crippen LogP contribution >= 0.6 is 0 Å². The van der Waals surface area contributed by atoms with Crippen molar-refractivity contribution in [1.82, 2.24) is 4.98 Å². The van der Waals surface area contributed by atoms with Crippen LogP contribution in [0.3, 0.4) is 0 Å². The SMILES string of the molecule is O=C(O)Cc1cc(C(F)(F)F)c(F)nc1C(F)F. The van der Waals surface area contributed by atoms with E-state index in [-0.39, 0.29) is 6.07 Å². The van der Waals surface area contributed by atoms with Crippen molar-refractivity contribution in [3.63, 3.8) is 0 Å². The largest absolute Gasteiger partial charge is 0.481 e. The van der Waals surface area contributed by atoms with Gasteiger partial charge in [-0.3, -0.25) is 4.79 Å². The fraction of sp³-hybridized carbons (Fsp3) is 0.333. The van der Waals surface area contributed by atoms with Crippen LogP contribution in [0.2, 0.25) is 0 Å². The van der Waals surface area contributed by atoms with Crippen LogP contribution in [0.4, 0.5) is 26.3 Å². The van der Waals surface area contributed by atoms with E-state index in [1.54, 1.807) is 0 Å². The average Bonchev–Trinajstić information content (AvgIpc) is 2.17. The lowest BCUT2D eigenvalue weighted by Gasteiger charge is -2.12. The Labute approximate surface area is 96.1 Å². The molecule has 100 valence electrons. The Hall–Kier alpha value is -1.80. The van der Waals surface area contributed by atoms with E-state index in [4.69, 9.17) is 5.11 Å². The van der Waals surface area contributed by atoms with E-state index >= 15 is 0 Å². The molecule has 0 aliphatic carbocycles. The summed E-state index contributed by atoms with van der Waals surface area (Å²) < 4.78 is 74.5. The van der Waals surface area contributed by atoms with E-state index in [9.17, 15) is 31.1 Å². The van der Waals surface area contributed by atoms with Crippen molar-refractivity contribution in [1.29, 1.82) is 0 Å². The summed E-state index contributed by atoms with van der Waals surface area (Å²) >= 11 is 0. The molecule has 0 aliphatic heterocycles. The number of pyridine rings is 1. The van der Waals surface area contributed by atoms with E-state index < -0.39 is 47.8 Å². The van der Waals surface area contributed by atoms with Gasteiger partial charge in [-0.1, -0.05) is 0 Å². The number of aromatic nitrogens is 1. The molecule has 0 saturated heterocycles. The summed E-state index contributed by atoms with van der Waals surface area (Å²) in [5, 5.41) is 8.39. The Balaban J connectivity index is 3.40. The standard InChI is InChI=1S/C9H5F6NO2/c10-7(11)6-3(2-5(17)18)1-4(8(12)16-6)9(13,14)15/h1,7H,2H2,(H,17,18). The predicted octanol–water partition coefficient (Wildman–Crippen LogP) is 2.80. The van der Waals surface area contributed by atoms with E-state index in [0.29, 0.717) is 0 Å². The molecule has 0 fully saturated rings. The topological polar surface area (TPSA) is 50.2 Å². The molecule has 0 unspecified atom stereocenters. The Morgan fingerprint density at radius 3 is 2.33 bits per heavy atom. The van der Waals surface area contributed by atoms with Gasteiger partial charge in [-0.15, -0.1) is 0 Å². The molecule has 9 heteroatoms. The van der Waals surface area contributed by atoms with Gasteiger partial charge in [0.1, 0.15) is 11.3 Å². The molecule has 0 saturated carbocycles. The van der Waals surface area contributed by atoms with Crippen molar-refractivity contribution >= 4 is 5.97 Å². The van der Waals surface area contributed by atoms with Gasteiger partial charge in [-0.2, -0.15) is 17.6 Å². The smallest absolute Gasteiger partial charge is 0.420 e. The van der Waals surface area contributed by atoms with Gasteiger partial charge in [0.2, 0.25) is 5.95 Å². The Kier molecular flexibility index (Phi) is 3.82. The second-order valence-electron chi connectivity index (χ2n) is 3.24. The van der Waals surface area contributed by atoms with Crippen LogP contribution in [0.15, 0.2) is 6.07 Å². The van der Waals surface area contributed by atoms with Crippen LogP contribution in [-0.2, 0) is 17.4 Å². The second kappa shape index (κ2) is 4.83. The molecule has 0 aliphatic rings. The number of hydrogen-bond acceptors (Lipinski definition) is 2. The lowest BCUT2D eigenvalue weighted by Crippen LogP contribution is -2.15. The van der Waals surface area contributed by atoms with Crippen LogP contribution in [0.1, 0.15) is 23.2 Å². The number of carboxylic acids is 1. The molecule has 18 heavy (non-hydrogen) atoms. The van der Waals surface area contributed by atoms with E-state index in [2.05, 4.69) is 4.98 Å². The van der Waals surface area contributed by atoms with Crippen molar-refractivity contribution in [2.75, 3.05) is 0 Å². The molecule has 0 bridgehead atoms. The number of aliphatic carboxylic acids is 1. The number of hydrogen-bond donors (Lipinski definition) is 1. The van der Waals surface area contributed by atoms with Gasteiger partial charge in [-0.05, 0) is 11.6 Å². The molecule has 0 aromatic carbocycles. The van der Waals surface area contributed by atoms with Crippen LogP contribution in [0.25, 0.3) is 0 Å². The monoisotopic (exact) mass is 273 g/mol. The normalized spacial score (nSPS) is 11.9. The minimum atomic E-state index is -5.13. The third kappa shape index (κ3) is 3.11.